The van der Waals surface area contributed by atoms with Gasteiger partial charge in [0.15, 0.2) is 5.78 Å². The van der Waals surface area contributed by atoms with Gasteiger partial charge in [-0.1, -0.05) is 77.6 Å². The first kappa shape index (κ1) is 37.6. The maximum Gasteiger partial charge on any atom is 0.159 e. The van der Waals surface area contributed by atoms with Crippen molar-refractivity contribution in [3.8, 4) is 11.1 Å². The van der Waals surface area contributed by atoms with E-state index in [0.29, 0.717) is 30.0 Å². The molecule has 1 N–H and O–H groups in total. The average Bonchev–Trinajstić information content (AvgIpc) is 4.00. The maximum absolute atomic E-state index is 13.3. The van der Waals surface area contributed by atoms with E-state index in [1.807, 2.05) is 0 Å². The molecule has 0 aromatic heterocycles. The van der Waals surface area contributed by atoms with Gasteiger partial charge in [-0.2, -0.15) is 0 Å². The quantitative estimate of drug-likeness (QED) is 0.208. The molecule has 0 radical (unpaired) electrons. The van der Waals surface area contributed by atoms with Crippen molar-refractivity contribution < 1.29 is 9.53 Å². The molecule has 2 atom stereocenters. The van der Waals surface area contributed by atoms with Crippen molar-refractivity contribution >= 4 is 17.6 Å². The van der Waals surface area contributed by atoms with Gasteiger partial charge in [0, 0.05) is 31.4 Å². The summed E-state index contributed by atoms with van der Waals surface area (Å²) in [6.45, 7) is 12.9. The zero-order valence-electron chi connectivity index (χ0n) is 28.9. The smallest absolute Gasteiger partial charge is 0.159 e. The second-order valence-electron chi connectivity index (χ2n) is 14.2. The summed E-state index contributed by atoms with van der Waals surface area (Å²) in [6, 6.07) is 13.8. The lowest BCUT2D eigenvalue weighted by Crippen LogP contribution is -2.22. The van der Waals surface area contributed by atoms with E-state index < -0.39 is 0 Å². The molecule has 4 aliphatic rings. The number of unbranched alkanes of at least 4 members (excludes halogenated alkanes) is 1. The number of Topliss-reactive ketones (excluding diaryl/α,β-unsaturated/α-hetero) is 1. The summed E-state index contributed by atoms with van der Waals surface area (Å²) in [5, 5.41) is 3.37. The molecule has 2 aliphatic heterocycles. The van der Waals surface area contributed by atoms with Crippen molar-refractivity contribution in [2.45, 2.75) is 100 Å². The first-order chi connectivity index (χ1) is 22.4. The first-order valence-corrected chi connectivity index (χ1v) is 18.0. The molecule has 2 unspecified atom stereocenters. The van der Waals surface area contributed by atoms with Gasteiger partial charge in [-0.05, 0) is 153 Å². The highest BCUT2D eigenvalue weighted by atomic mass is 16.5. The Morgan fingerprint density at radius 3 is 2.48 bits per heavy atom. The average molecular weight is 651 g/mol. The van der Waals surface area contributed by atoms with E-state index in [1.165, 1.54) is 68.6 Å². The van der Waals surface area contributed by atoms with Gasteiger partial charge in [0.05, 0.1) is 5.70 Å². The van der Waals surface area contributed by atoms with Gasteiger partial charge in [0.1, 0.15) is 0 Å². The van der Waals surface area contributed by atoms with Gasteiger partial charge in [-0.15, -0.1) is 0 Å². The van der Waals surface area contributed by atoms with Crippen LogP contribution in [-0.4, -0.2) is 44.0 Å². The Hall–Kier alpha value is -3.21. The molecule has 2 aliphatic carbocycles. The molecule has 4 heteroatoms. The number of carbonyl (C=O) groups is 1. The predicted octanol–water partition coefficient (Wildman–Crippen LogP) is 10.6. The Morgan fingerprint density at radius 1 is 1.02 bits per heavy atom. The second kappa shape index (κ2) is 16.9. The summed E-state index contributed by atoms with van der Waals surface area (Å²) in [4.78, 5) is 15.7. The van der Waals surface area contributed by atoms with Crippen LogP contribution >= 0.6 is 0 Å². The number of allylic oxidation sites excluding steroid dienone is 5. The van der Waals surface area contributed by atoms with E-state index in [4.69, 9.17) is 4.74 Å². The highest BCUT2D eigenvalue weighted by Gasteiger charge is 2.47. The van der Waals surface area contributed by atoms with Crippen molar-refractivity contribution in [1.82, 2.24) is 10.2 Å². The van der Waals surface area contributed by atoms with E-state index in [2.05, 4.69) is 99.7 Å². The summed E-state index contributed by atoms with van der Waals surface area (Å²) in [5.74, 6) is 1.99. The van der Waals surface area contributed by atoms with Crippen molar-refractivity contribution in [3.63, 3.8) is 0 Å². The fourth-order valence-electron chi connectivity index (χ4n) is 7.85. The number of ketones is 1. The second-order valence-corrected chi connectivity index (χ2v) is 14.2. The largest absolute Gasteiger partial charge is 0.381 e. The van der Waals surface area contributed by atoms with Crippen molar-refractivity contribution in [2.75, 3.05) is 33.4 Å². The molecule has 2 aromatic rings. The topological polar surface area (TPSA) is 51.5 Å². The lowest BCUT2D eigenvalue weighted by Gasteiger charge is -2.23. The van der Waals surface area contributed by atoms with Gasteiger partial charge < -0.3 is 15.0 Å². The van der Waals surface area contributed by atoms with Gasteiger partial charge in [-0.25, -0.2) is 0 Å². The van der Waals surface area contributed by atoms with Crippen LogP contribution in [0.25, 0.3) is 22.9 Å². The van der Waals surface area contributed by atoms with Crippen LogP contribution in [0.2, 0.25) is 0 Å². The molecule has 2 aromatic carbocycles. The van der Waals surface area contributed by atoms with Gasteiger partial charge in [0.2, 0.25) is 0 Å². The molecule has 4 nitrogen and oxygen atoms in total. The molecule has 48 heavy (non-hydrogen) atoms. The Bertz CT molecular complexity index is 1570. The highest BCUT2D eigenvalue weighted by molar-refractivity contribution is 5.97. The van der Waals surface area contributed by atoms with E-state index in [1.54, 1.807) is 0 Å². The summed E-state index contributed by atoms with van der Waals surface area (Å²) >= 11 is 0. The minimum atomic E-state index is 0. The van der Waals surface area contributed by atoms with E-state index >= 15 is 0 Å². The van der Waals surface area contributed by atoms with Crippen LogP contribution in [0.3, 0.4) is 0 Å². The zero-order chi connectivity index (χ0) is 32.2. The molecule has 0 bridgehead atoms. The Labute approximate surface area is 292 Å². The van der Waals surface area contributed by atoms with Gasteiger partial charge in [0.25, 0.3) is 0 Å². The van der Waals surface area contributed by atoms with Crippen LogP contribution in [0.4, 0.5) is 0 Å². The van der Waals surface area contributed by atoms with Crippen molar-refractivity contribution in [1.29, 1.82) is 0 Å². The fourth-order valence-corrected chi connectivity index (χ4v) is 7.85. The maximum atomic E-state index is 13.3. The number of nitrogens with zero attached hydrogens (tertiary/aromatic N) is 1. The molecular formula is C44H62N2O2. The number of hydrogen-bond acceptors (Lipinski definition) is 4. The summed E-state index contributed by atoms with van der Waals surface area (Å²) in [7, 11) is 2.18. The fraction of sp³-hybridized carbons (Fsp3) is 0.523. The molecule has 0 amide bonds. The number of carbonyl (C=O) groups excluding carboxylic acids is 1. The van der Waals surface area contributed by atoms with Crippen LogP contribution in [0.15, 0.2) is 71.0 Å². The molecule has 6 rings (SSSR count). The molecule has 1 saturated heterocycles. The highest BCUT2D eigenvalue weighted by Crippen LogP contribution is 2.56. The first-order valence-electron chi connectivity index (χ1n) is 18.0. The summed E-state index contributed by atoms with van der Waals surface area (Å²) < 4.78 is 5.61. The monoisotopic (exact) mass is 650 g/mol. The number of nitrogens with one attached hydrogen (secondary N) is 1. The van der Waals surface area contributed by atoms with Gasteiger partial charge in [-0.3, -0.25) is 4.79 Å². The third-order valence-electron chi connectivity index (χ3n) is 10.8. The number of benzene rings is 2. The Morgan fingerprint density at radius 2 is 1.77 bits per heavy atom. The minimum Gasteiger partial charge on any atom is -0.381 e. The third-order valence-corrected chi connectivity index (χ3v) is 10.8. The Balaban J connectivity index is 0.00000260. The SMILES string of the molecule is C.C.CCCCN(C)CCCC(=O)C1=CC(CC)=C(/C(C)=C/c2cccc(-c3ccc(CC4CCOCC4)c(C4=CN4)c3)c2C)C2CC12. The van der Waals surface area contributed by atoms with E-state index in [0.717, 1.165) is 70.4 Å². The lowest BCUT2D eigenvalue weighted by atomic mass is 9.84. The molecule has 260 valence electrons. The molecular weight excluding hydrogens is 588 g/mol. The van der Waals surface area contributed by atoms with Crippen molar-refractivity contribution in [2.24, 2.45) is 17.8 Å². The predicted molar refractivity (Wildman–Crippen MR) is 206 cm³/mol. The van der Waals surface area contributed by atoms with Crippen LogP contribution in [0, 0.1) is 24.7 Å². The van der Waals surface area contributed by atoms with E-state index in [-0.39, 0.29) is 14.9 Å². The van der Waals surface area contributed by atoms with Crippen LogP contribution in [0.5, 0.6) is 0 Å². The Kier molecular flexibility index (Phi) is 13.3. The normalized spacial score (nSPS) is 20.2. The summed E-state index contributed by atoms with van der Waals surface area (Å²) in [6.07, 6.45) is 16.4. The standard InChI is InChI=1S/C42H54N2O2.2CH4/c1-6-8-18-44(5)19-10-13-41(45)38-24-31(7-2)42(39-26-37(38)39)28(3)22-32-11-9-12-35(29(32)4)34-15-14-33(36(25-34)40-27-43-40)23-30-16-20-46-21-17-30;;/h9,11-12,14-15,22,24-25,27,30,37,39,43H,6-8,10,13,16-21,23,26H2,1-5H3;2*1H4/b28-22+;;. The number of hydrogen-bond donors (Lipinski definition) is 1. The zero-order valence-corrected chi connectivity index (χ0v) is 28.9. The van der Waals surface area contributed by atoms with Crippen LogP contribution < -0.4 is 5.32 Å². The number of ether oxygens (including phenoxy) is 1. The summed E-state index contributed by atoms with van der Waals surface area (Å²) in [5.41, 5.74) is 14.5. The third kappa shape index (κ3) is 8.68. The van der Waals surface area contributed by atoms with Crippen molar-refractivity contribution in [3.05, 3.63) is 93.2 Å². The molecule has 0 spiro atoms. The molecule has 2 fully saturated rings. The van der Waals surface area contributed by atoms with Crippen LogP contribution in [0.1, 0.15) is 109 Å². The van der Waals surface area contributed by atoms with Crippen LogP contribution in [-0.2, 0) is 16.0 Å². The molecule has 2 heterocycles. The van der Waals surface area contributed by atoms with Gasteiger partial charge >= 0.3 is 0 Å². The minimum absolute atomic E-state index is 0. The van der Waals surface area contributed by atoms with E-state index in [9.17, 15) is 4.79 Å². The number of fused-ring (bicyclic) bond motifs is 1. The lowest BCUT2D eigenvalue weighted by molar-refractivity contribution is -0.116. The number of rotatable bonds is 15. The molecule has 1 saturated carbocycles.